The number of phenols is 1. The maximum Gasteiger partial charge on any atom is 0.255 e. The highest BCUT2D eigenvalue weighted by Gasteiger charge is 2.17. The van der Waals surface area contributed by atoms with Crippen LogP contribution in [0.1, 0.15) is 28.8 Å². The molecule has 1 aromatic carbocycles. The van der Waals surface area contributed by atoms with Crippen molar-refractivity contribution < 1.29 is 14.6 Å². The highest BCUT2D eigenvalue weighted by Crippen LogP contribution is 2.18. The Balaban J connectivity index is 1.94. The number of amides is 1. The lowest BCUT2D eigenvalue weighted by molar-refractivity contribution is 0.0855. The number of aromatic hydroxyl groups is 1. The van der Waals surface area contributed by atoms with E-state index in [1.165, 1.54) is 0 Å². The van der Waals surface area contributed by atoms with Crippen molar-refractivity contribution in [2.75, 3.05) is 13.2 Å². The van der Waals surface area contributed by atoms with Crippen LogP contribution in [-0.4, -0.2) is 30.3 Å². The number of carbonyl (C=O) groups is 1. The first-order chi connectivity index (χ1) is 8.16. The van der Waals surface area contributed by atoms with Gasteiger partial charge in [0.15, 0.2) is 0 Å². The van der Waals surface area contributed by atoms with Crippen LogP contribution in [0.2, 0.25) is 0 Å². The molecule has 1 unspecified atom stereocenters. The number of benzene rings is 1. The smallest absolute Gasteiger partial charge is 0.255 e. The van der Waals surface area contributed by atoms with E-state index in [9.17, 15) is 9.90 Å². The van der Waals surface area contributed by atoms with Crippen molar-refractivity contribution in [3.8, 4) is 5.75 Å². The first-order valence-electron chi connectivity index (χ1n) is 5.86. The summed E-state index contributed by atoms with van der Waals surface area (Å²) in [7, 11) is 0. The Morgan fingerprint density at radius 3 is 3.06 bits per heavy atom. The summed E-state index contributed by atoms with van der Waals surface area (Å²) in [6.45, 7) is 3.15. The molecule has 1 atom stereocenters. The fourth-order valence-corrected chi connectivity index (χ4v) is 1.94. The highest BCUT2D eigenvalue weighted by atomic mass is 16.5. The SMILES string of the molecule is Cc1ccc(C(=O)NCC2CCCO2)c(O)c1. The van der Waals surface area contributed by atoms with Crippen LogP contribution < -0.4 is 5.32 Å². The topological polar surface area (TPSA) is 58.6 Å². The average Bonchev–Trinajstić information content (AvgIpc) is 2.78. The molecule has 0 aromatic heterocycles. The molecule has 0 spiro atoms. The van der Waals surface area contributed by atoms with Gasteiger partial charge in [-0.3, -0.25) is 4.79 Å². The van der Waals surface area contributed by atoms with Gasteiger partial charge in [0.2, 0.25) is 0 Å². The molecule has 4 nitrogen and oxygen atoms in total. The van der Waals surface area contributed by atoms with E-state index in [4.69, 9.17) is 4.74 Å². The van der Waals surface area contributed by atoms with Crippen molar-refractivity contribution in [2.45, 2.75) is 25.9 Å². The summed E-state index contributed by atoms with van der Waals surface area (Å²) in [6, 6.07) is 5.02. The first-order valence-corrected chi connectivity index (χ1v) is 5.86. The van der Waals surface area contributed by atoms with Crippen LogP contribution in [0.15, 0.2) is 18.2 Å². The maximum atomic E-state index is 11.8. The fraction of sp³-hybridized carbons (Fsp3) is 0.462. The lowest BCUT2D eigenvalue weighted by Crippen LogP contribution is -2.31. The molecule has 1 saturated heterocycles. The molecule has 1 aliphatic rings. The largest absolute Gasteiger partial charge is 0.507 e. The second-order valence-electron chi connectivity index (χ2n) is 4.37. The number of nitrogens with one attached hydrogen (secondary N) is 1. The van der Waals surface area contributed by atoms with Gasteiger partial charge in [-0.25, -0.2) is 0 Å². The molecular weight excluding hydrogens is 218 g/mol. The van der Waals surface area contributed by atoms with E-state index in [-0.39, 0.29) is 17.8 Å². The monoisotopic (exact) mass is 235 g/mol. The molecular formula is C13H17NO3. The van der Waals surface area contributed by atoms with Gasteiger partial charge in [0.25, 0.3) is 5.91 Å². The Bertz CT molecular complexity index is 411. The van der Waals surface area contributed by atoms with E-state index < -0.39 is 0 Å². The molecule has 2 rings (SSSR count). The summed E-state index contributed by atoms with van der Waals surface area (Å²) in [4.78, 5) is 11.8. The summed E-state index contributed by atoms with van der Waals surface area (Å²) in [6.07, 6.45) is 2.16. The molecule has 1 aliphatic heterocycles. The van der Waals surface area contributed by atoms with Crippen molar-refractivity contribution in [1.82, 2.24) is 5.32 Å². The number of hydrogen-bond acceptors (Lipinski definition) is 3. The molecule has 1 amide bonds. The Morgan fingerprint density at radius 2 is 2.41 bits per heavy atom. The van der Waals surface area contributed by atoms with Gasteiger partial charge in [-0.15, -0.1) is 0 Å². The quantitative estimate of drug-likeness (QED) is 0.836. The van der Waals surface area contributed by atoms with Crippen LogP contribution in [0.5, 0.6) is 5.75 Å². The van der Waals surface area contributed by atoms with Crippen LogP contribution >= 0.6 is 0 Å². The Hall–Kier alpha value is -1.55. The number of carbonyl (C=O) groups excluding carboxylic acids is 1. The van der Waals surface area contributed by atoms with Crippen molar-refractivity contribution in [2.24, 2.45) is 0 Å². The van der Waals surface area contributed by atoms with Crippen molar-refractivity contribution in [3.63, 3.8) is 0 Å². The zero-order chi connectivity index (χ0) is 12.3. The molecule has 4 heteroatoms. The van der Waals surface area contributed by atoms with Crippen LogP contribution in [0.25, 0.3) is 0 Å². The Morgan fingerprint density at radius 1 is 1.59 bits per heavy atom. The Kier molecular flexibility index (Phi) is 3.64. The molecule has 0 aliphatic carbocycles. The van der Waals surface area contributed by atoms with Gasteiger partial charge in [-0.2, -0.15) is 0 Å². The number of ether oxygens (including phenoxy) is 1. The zero-order valence-electron chi connectivity index (χ0n) is 9.90. The van der Waals surface area contributed by atoms with E-state index in [0.717, 1.165) is 25.0 Å². The van der Waals surface area contributed by atoms with Gasteiger partial charge >= 0.3 is 0 Å². The fourth-order valence-electron chi connectivity index (χ4n) is 1.94. The standard InChI is InChI=1S/C13H17NO3/c1-9-4-5-11(12(15)7-9)13(16)14-8-10-3-2-6-17-10/h4-5,7,10,15H,2-3,6,8H2,1H3,(H,14,16). The minimum atomic E-state index is -0.252. The Labute approximate surface area is 101 Å². The maximum absolute atomic E-state index is 11.8. The predicted octanol–water partition coefficient (Wildman–Crippen LogP) is 1.61. The molecule has 0 bridgehead atoms. The van der Waals surface area contributed by atoms with E-state index in [1.807, 2.05) is 6.92 Å². The predicted molar refractivity (Wildman–Crippen MR) is 64.2 cm³/mol. The van der Waals surface area contributed by atoms with Crippen LogP contribution in [-0.2, 0) is 4.74 Å². The third-order valence-electron chi connectivity index (χ3n) is 2.91. The number of hydrogen-bond donors (Lipinski definition) is 2. The van der Waals surface area contributed by atoms with E-state index in [1.54, 1.807) is 18.2 Å². The lowest BCUT2D eigenvalue weighted by atomic mass is 10.1. The van der Waals surface area contributed by atoms with Crippen LogP contribution in [0, 0.1) is 6.92 Å². The van der Waals surface area contributed by atoms with Crippen molar-refractivity contribution >= 4 is 5.91 Å². The second-order valence-corrected chi connectivity index (χ2v) is 4.37. The number of rotatable bonds is 3. The van der Waals surface area contributed by atoms with Gasteiger partial charge in [0.1, 0.15) is 5.75 Å². The number of phenolic OH excluding ortho intramolecular Hbond substituents is 1. The van der Waals surface area contributed by atoms with Gasteiger partial charge < -0.3 is 15.2 Å². The normalized spacial score (nSPS) is 19.2. The summed E-state index contributed by atoms with van der Waals surface area (Å²) in [5.74, 6) is -0.229. The molecule has 1 fully saturated rings. The van der Waals surface area contributed by atoms with Crippen LogP contribution in [0.4, 0.5) is 0 Å². The van der Waals surface area contributed by atoms with Crippen molar-refractivity contribution in [1.29, 1.82) is 0 Å². The molecule has 1 heterocycles. The van der Waals surface area contributed by atoms with Gasteiger partial charge in [-0.05, 0) is 37.5 Å². The van der Waals surface area contributed by atoms with E-state index in [0.29, 0.717) is 12.1 Å². The molecule has 17 heavy (non-hydrogen) atoms. The van der Waals surface area contributed by atoms with Crippen LogP contribution in [0.3, 0.4) is 0 Å². The third kappa shape index (κ3) is 2.97. The molecule has 0 radical (unpaired) electrons. The van der Waals surface area contributed by atoms with E-state index in [2.05, 4.69) is 5.32 Å². The highest BCUT2D eigenvalue weighted by molar-refractivity contribution is 5.96. The van der Waals surface area contributed by atoms with Gasteiger partial charge in [0, 0.05) is 13.2 Å². The summed E-state index contributed by atoms with van der Waals surface area (Å²) >= 11 is 0. The molecule has 2 N–H and O–H groups in total. The van der Waals surface area contributed by atoms with Crippen molar-refractivity contribution in [3.05, 3.63) is 29.3 Å². The zero-order valence-corrected chi connectivity index (χ0v) is 9.90. The van der Waals surface area contributed by atoms with E-state index >= 15 is 0 Å². The molecule has 92 valence electrons. The average molecular weight is 235 g/mol. The first kappa shape index (κ1) is 11.9. The minimum absolute atomic E-state index is 0.0230. The molecule has 0 saturated carbocycles. The van der Waals surface area contributed by atoms with Gasteiger partial charge in [-0.1, -0.05) is 6.07 Å². The second kappa shape index (κ2) is 5.19. The van der Waals surface area contributed by atoms with Gasteiger partial charge in [0.05, 0.1) is 11.7 Å². The summed E-state index contributed by atoms with van der Waals surface area (Å²) in [5, 5.41) is 12.4. The molecule has 1 aromatic rings. The third-order valence-corrected chi connectivity index (χ3v) is 2.91. The number of aryl methyl sites for hydroxylation is 1. The minimum Gasteiger partial charge on any atom is -0.507 e. The summed E-state index contributed by atoms with van der Waals surface area (Å²) in [5.41, 5.74) is 1.24. The summed E-state index contributed by atoms with van der Waals surface area (Å²) < 4.78 is 5.41. The lowest BCUT2D eigenvalue weighted by Gasteiger charge is -2.11.